The lowest BCUT2D eigenvalue weighted by atomic mass is 10.1. The zero-order valence-corrected chi connectivity index (χ0v) is 12.3. The van der Waals surface area contributed by atoms with Gasteiger partial charge in [-0.25, -0.2) is 0 Å². The van der Waals surface area contributed by atoms with Crippen molar-refractivity contribution in [3.8, 4) is 0 Å². The first-order valence-corrected chi connectivity index (χ1v) is 6.90. The maximum Gasteiger partial charge on any atom is 0.139 e. The van der Waals surface area contributed by atoms with E-state index in [9.17, 15) is 0 Å². The van der Waals surface area contributed by atoms with E-state index >= 15 is 0 Å². The van der Waals surface area contributed by atoms with Crippen molar-refractivity contribution >= 4 is 22.3 Å². The summed E-state index contributed by atoms with van der Waals surface area (Å²) >= 11 is 0. The van der Waals surface area contributed by atoms with Crippen molar-refractivity contribution in [2.24, 2.45) is 0 Å². The molecule has 3 N–H and O–H groups in total. The number of aromatic nitrogens is 2. The Kier molecular flexibility index (Phi) is 3.25. The predicted molar refractivity (Wildman–Crippen MR) is 84.2 cm³/mol. The number of nitrogens with zero attached hydrogens (tertiary/aromatic N) is 2. The van der Waals surface area contributed by atoms with Gasteiger partial charge in [0.15, 0.2) is 0 Å². The first kappa shape index (κ1) is 13.4. The Morgan fingerprint density at radius 2 is 2.05 bits per heavy atom. The van der Waals surface area contributed by atoms with Crippen LogP contribution in [0.15, 0.2) is 35.0 Å². The van der Waals surface area contributed by atoms with Crippen molar-refractivity contribution in [1.82, 2.24) is 10.1 Å². The molecule has 0 aliphatic rings. The molecule has 0 saturated heterocycles. The molecule has 3 aromatic rings. The molecular formula is C16H18N4O. The lowest BCUT2D eigenvalue weighted by Gasteiger charge is -2.16. The molecule has 5 nitrogen and oxygen atoms in total. The Bertz CT molecular complexity index is 775. The first-order chi connectivity index (χ1) is 10.1. The van der Waals surface area contributed by atoms with E-state index in [2.05, 4.69) is 22.4 Å². The third-order valence-corrected chi connectivity index (χ3v) is 3.66. The number of hydrogen-bond donors (Lipinski definition) is 2. The highest BCUT2D eigenvalue weighted by molar-refractivity contribution is 5.92. The number of anilines is 2. The van der Waals surface area contributed by atoms with Gasteiger partial charge in [0, 0.05) is 28.5 Å². The minimum Gasteiger partial charge on any atom is -0.399 e. The Balaban J connectivity index is 1.98. The van der Waals surface area contributed by atoms with E-state index in [-0.39, 0.29) is 6.04 Å². The summed E-state index contributed by atoms with van der Waals surface area (Å²) in [7, 11) is 0. The van der Waals surface area contributed by atoms with Crippen LogP contribution >= 0.6 is 0 Å². The van der Waals surface area contributed by atoms with Crippen molar-refractivity contribution in [3.63, 3.8) is 0 Å². The van der Waals surface area contributed by atoms with E-state index in [0.717, 1.165) is 33.6 Å². The Hall–Kier alpha value is -2.56. The molecular weight excluding hydrogens is 264 g/mol. The zero-order valence-electron chi connectivity index (χ0n) is 12.3. The highest BCUT2D eigenvalue weighted by Gasteiger charge is 2.17. The summed E-state index contributed by atoms with van der Waals surface area (Å²) in [5.74, 6) is 0.843. The highest BCUT2D eigenvalue weighted by Crippen LogP contribution is 2.29. The molecule has 0 bridgehead atoms. The molecule has 21 heavy (non-hydrogen) atoms. The third kappa shape index (κ3) is 2.42. The quantitative estimate of drug-likeness (QED) is 0.718. The summed E-state index contributed by atoms with van der Waals surface area (Å²) in [6.07, 6.45) is 1.78. The van der Waals surface area contributed by atoms with Crippen molar-refractivity contribution < 1.29 is 4.52 Å². The van der Waals surface area contributed by atoms with Gasteiger partial charge in [-0.2, -0.15) is 0 Å². The molecule has 0 radical (unpaired) electrons. The molecule has 2 aromatic heterocycles. The highest BCUT2D eigenvalue weighted by atomic mass is 16.5. The second-order valence-electron chi connectivity index (χ2n) is 5.24. The number of nitrogens with one attached hydrogen (secondary N) is 1. The lowest BCUT2D eigenvalue weighted by Crippen LogP contribution is -2.09. The van der Waals surface area contributed by atoms with Gasteiger partial charge in [-0.3, -0.25) is 4.98 Å². The SMILES string of the molecule is Cc1noc(C)c1C(C)Nc1ccnc2cc(N)ccc12. The van der Waals surface area contributed by atoms with Crippen LogP contribution in [0.4, 0.5) is 11.4 Å². The van der Waals surface area contributed by atoms with Crippen LogP contribution < -0.4 is 11.1 Å². The van der Waals surface area contributed by atoms with E-state index in [0.29, 0.717) is 5.69 Å². The van der Waals surface area contributed by atoms with E-state index in [1.165, 1.54) is 0 Å². The fourth-order valence-corrected chi connectivity index (χ4v) is 2.70. The van der Waals surface area contributed by atoms with Crippen LogP contribution in [0.2, 0.25) is 0 Å². The second-order valence-corrected chi connectivity index (χ2v) is 5.24. The number of nitrogens with two attached hydrogens (primary N) is 1. The molecule has 1 unspecified atom stereocenters. The van der Waals surface area contributed by atoms with Gasteiger partial charge >= 0.3 is 0 Å². The van der Waals surface area contributed by atoms with Gasteiger partial charge in [0.25, 0.3) is 0 Å². The van der Waals surface area contributed by atoms with Crippen molar-refractivity contribution in [2.45, 2.75) is 26.8 Å². The summed E-state index contributed by atoms with van der Waals surface area (Å²) in [6.45, 7) is 5.98. The van der Waals surface area contributed by atoms with Crippen LogP contribution in [0.5, 0.6) is 0 Å². The van der Waals surface area contributed by atoms with E-state index in [4.69, 9.17) is 10.3 Å². The third-order valence-electron chi connectivity index (χ3n) is 3.66. The smallest absolute Gasteiger partial charge is 0.139 e. The van der Waals surface area contributed by atoms with Gasteiger partial charge in [0.05, 0.1) is 17.3 Å². The number of benzene rings is 1. The van der Waals surface area contributed by atoms with Crippen LogP contribution in [0.25, 0.3) is 10.9 Å². The van der Waals surface area contributed by atoms with Crippen LogP contribution in [-0.4, -0.2) is 10.1 Å². The Morgan fingerprint density at radius 1 is 1.24 bits per heavy atom. The van der Waals surface area contributed by atoms with Gasteiger partial charge in [-0.05, 0) is 45.0 Å². The average molecular weight is 282 g/mol. The van der Waals surface area contributed by atoms with Crippen molar-refractivity contribution in [3.05, 3.63) is 47.5 Å². The van der Waals surface area contributed by atoms with Crippen LogP contribution in [0.3, 0.4) is 0 Å². The number of pyridine rings is 1. The molecule has 3 rings (SSSR count). The molecule has 5 heteroatoms. The number of rotatable bonds is 3. The zero-order chi connectivity index (χ0) is 15.0. The van der Waals surface area contributed by atoms with Gasteiger partial charge in [-0.15, -0.1) is 0 Å². The summed E-state index contributed by atoms with van der Waals surface area (Å²) in [6, 6.07) is 7.81. The normalized spacial score (nSPS) is 12.5. The summed E-state index contributed by atoms with van der Waals surface area (Å²) in [4.78, 5) is 4.36. The topological polar surface area (TPSA) is 77.0 Å². The molecule has 0 spiro atoms. The lowest BCUT2D eigenvalue weighted by molar-refractivity contribution is 0.392. The standard InChI is InChI=1S/C16H18N4O/c1-9(16-10(2)20-21-11(16)3)19-14-6-7-18-15-8-12(17)4-5-13(14)15/h4-9H,17H2,1-3H3,(H,18,19). The van der Waals surface area contributed by atoms with Gasteiger partial charge in [0.2, 0.25) is 0 Å². The summed E-state index contributed by atoms with van der Waals surface area (Å²) in [5.41, 5.74) is 10.4. The average Bonchev–Trinajstić information content (AvgIpc) is 2.78. The molecule has 0 aliphatic heterocycles. The molecule has 0 fully saturated rings. The van der Waals surface area contributed by atoms with Gasteiger partial charge < -0.3 is 15.6 Å². The minimum atomic E-state index is 0.0967. The fraction of sp³-hybridized carbons (Fsp3) is 0.250. The van der Waals surface area contributed by atoms with Crippen LogP contribution in [0.1, 0.15) is 30.0 Å². The Morgan fingerprint density at radius 3 is 2.76 bits per heavy atom. The predicted octanol–water partition coefficient (Wildman–Crippen LogP) is 3.59. The molecule has 0 saturated carbocycles. The summed E-state index contributed by atoms with van der Waals surface area (Å²) in [5, 5.41) is 8.56. The minimum absolute atomic E-state index is 0.0967. The molecule has 0 aliphatic carbocycles. The molecule has 108 valence electrons. The van der Waals surface area contributed by atoms with Crippen LogP contribution in [-0.2, 0) is 0 Å². The van der Waals surface area contributed by atoms with E-state index in [1.807, 2.05) is 38.1 Å². The largest absolute Gasteiger partial charge is 0.399 e. The molecule has 1 atom stereocenters. The first-order valence-electron chi connectivity index (χ1n) is 6.90. The number of nitrogen functional groups attached to an aromatic ring is 1. The summed E-state index contributed by atoms with van der Waals surface area (Å²) < 4.78 is 5.24. The fourth-order valence-electron chi connectivity index (χ4n) is 2.70. The van der Waals surface area contributed by atoms with Crippen LogP contribution in [0, 0.1) is 13.8 Å². The number of fused-ring (bicyclic) bond motifs is 1. The molecule has 2 heterocycles. The molecule has 1 aromatic carbocycles. The number of aryl methyl sites for hydroxylation is 2. The van der Waals surface area contributed by atoms with Crippen molar-refractivity contribution in [2.75, 3.05) is 11.1 Å². The maximum atomic E-state index is 5.81. The van der Waals surface area contributed by atoms with Crippen molar-refractivity contribution in [1.29, 1.82) is 0 Å². The monoisotopic (exact) mass is 282 g/mol. The van der Waals surface area contributed by atoms with E-state index in [1.54, 1.807) is 6.20 Å². The second kappa shape index (κ2) is 5.09. The number of hydrogen-bond acceptors (Lipinski definition) is 5. The van der Waals surface area contributed by atoms with Gasteiger partial charge in [0.1, 0.15) is 5.76 Å². The Labute approximate surface area is 123 Å². The molecule has 0 amide bonds. The van der Waals surface area contributed by atoms with Gasteiger partial charge in [-0.1, -0.05) is 5.16 Å². The maximum absolute atomic E-state index is 5.81. The van der Waals surface area contributed by atoms with E-state index < -0.39 is 0 Å².